The summed E-state index contributed by atoms with van der Waals surface area (Å²) in [5, 5.41) is 0. The van der Waals surface area contributed by atoms with E-state index in [9.17, 15) is 4.79 Å². The van der Waals surface area contributed by atoms with Gasteiger partial charge in [-0.25, -0.2) is 0 Å². The smallest absolute Gasteiger partial charge is 0.162 e. The maximum absolute atomic E-state index is 11.7. The van der Waals surface area contributed by atoms with Crippen molar-refractivity contribution in [2.24, 2.45) is 5.92 Å². The van der Waals surface area contributed by atoms with Crippen molar-refractivity contribution in [1.29, 1.82) is 0 Å². The zero-order valence-corrected chi connectivity index (χ0v) is 11.4. The molecule has 2 atom stereocenters. The summed E-state index contributed by atoms with van der Waals surface area (Å²) in [5.41, 5.74) is 3.81. The first kappa shape index (κ1) is 12.4. The van der Waals surface area contributed by atoms with Gasteiger partial charge in [0.25, 0.3) is 0 Å². The Bertz CT molecular complexity index is 533. The van der Waals surface area contributed by atoms with Crippen LogP contribution in [0, 0.1) is 5.92 Å². The minimum Gasteiger partial charge on any atom is -0.294 e. The van der Waals surface area contributed by atoms with Gasteiger partial charge in [-0.3, -0.25) is 4.79 Å². The molecule has 0 N–H and O–H groups in total. The van der Waals surface area contributed by atoms with Crippen LogP contribution in [0.25, 0.3) is 0 Å². The van der Waals surface area contributed by atoms with Crippen molar-refractivity contribution >= 4 is 5.78 Å². The van der Waals surface area contributed by atoms with Crippen LogP contribution in [0.4, 0.5) is 0 Å². The monoisotopic (exact) mass is 252 g/mol. The maximum Gasteiger partial charge on any atom is 0.162 e. The van der Waals surface area contributed by atoms with Gasteiger partial charge >= 0.3 is 0 Å². The average molecular weight is 252 g/mol. The summed E-state index contributed by atoms with van der Waals surface area (Å²) in [7, 11) is 0. The van der Waals surface area contributed by atoms with Gasteiger partial charge in [-0.2, -0.15) is 0 Å². The summed E-state index contributed by atoms with van der Waals surface area (Å²) in [6.07, 6.45) is 11.1. The topological polar surface area (TPSA) is 17.1 Å². The molecule has 0 saturated heterocycles. The predicted octanol–water partition coefficient (Wildman–Crippen LogP) is 4.66. The molecule has 1 fully saturated rings. The normalized spacial score (nSPS) is 25.0. The highest BCUT2D eigenvalue weighted by atomic mass is 16.1. The summed E-state index contributed by atoms with van der Waals surface area (Å²) in [5.74, 6) is 1.56. The quantitative estimate of drug-likeness (QED) is 0.715. The van der Waals surface area contributed by atoms with Gasteiger partial charge in [0, 0.05) is 17.9 Å². The molecule has 0 radical (unpaired) electrons. The first-order chi connectivity index (χ1) is 9.29. The molecule has 0 heterocycles. The number of allylic oxidation sites excluding steroid dienone is 4. The molecule has 98 valence electrons. The Kier molecular flexibility index (Phi) is 3.37. The molecule has 3 rings (SSSR count). The fourth-order valence-electron chi connectivity index (χ4n) is 3.38. The summed E-state index contributed by atoms with van der Waals surface area (Å²) in [4.78, 5) is 11.7. The summed E-state index contributed by atoms with van der Waals surface area (Å²) in [6, 6.07) is 8.28. The maximum atomic E-state index is 11.7. The highest BCUT2D eigenvalue weighted by molar-refractivity contribution is 5.95. The van der Waals surface area contributed by atoms with Crippen LogP contribution in [-0.2, 0) is 0 Å². The molecular formula is C18H20O. The lowest BCUT2D eigenvalue weighted by atomic mass is 9.86. The summed E-state index contributed by atoms with van der Waals surface area (Å²) < 4.78 is 0. The minimum atomic E-state index is 0.232. The Morgan fingerprint density at radius 3 is 2.74 bits per heavy atom. The number of hydrogen-bond donors (Lipinski definition) is 0. The molecule has 0 bridgehead atoms. The second-order valence-corrected chi connectivity index (χ2v) is 5.56. The second kappa shape index (κ2) is 5.16. The van der Waals surface area contributed by atoms with Gasteiger partial charge in [-0.05, 0) is 30.7 Å². The number of hydrogen-bond acceptors (Lipinski definition) is 1. The van der Waals surface area contributed by atoms with Crippen LogP contribution in [0.1, 0.15) is 54.4 Å². The van der Waals surface area contributed by atoms with Gasteiger partial charge in [0.15, 0.2) is 5.78 Å². The van der Waals surface area contributed by atoms with Crippen LogP contribution in [-0.4, -0.2) is 5.78 Å². The van der Waals surface area contributed by atoms with Gasteiger partial charge < -0.3 is 0 Å². The zero-order chi connectivity index (χ0) is 13.2. The molecule has 2 aliphatic carbocycles. The van der Waals surface area contributed by atoms with Gasteiger partial charge in [-0.1, -0.05) is 55.0 Å². The SMILES string of the molecule is CCC(=O)c1ccc(C2CCC3CC=CC=C32)cc1. The van der Waals surface area contributed by atoms with Crippen molar-refractivity contribution in [1.82, 2.24) is 0 Å². The molecule has 1 aromatic carbocycles. The summed E-state index contributed by atoms with van der Waals surface area (Å²) >= 11 is 0. The molecule has 1 heteroatoms. The molecule has 2 aliphatic rings. The highest BCUT2D eigenvalue weighted by Crippen LogP contribution is 2.46. The number of carbonyl (C=O) groups is 1. The highest BCUT2D eigenvalue weighted by Gasteiger charge is 2.31. The van der Waals surface area contributed by atoms with Crippen LogP contribution in [0.15, 0.2) is 48.1 Å². The molecular weight excluding hydrogens is 232 g/mol. The standard InChI is InChI=1S/C18H20O/c1-2-18(19)15-9-7-14(8-10-15)17-12-11-13-5-3-4-6-16(13)17/h3-4,6-10,13,17H,2,5,11-12H2,1H3. The van der Waals surface area contributed by atoms with Gasteiger partial charge in [0.2, 0.25) is 0 Å². The summed E-state index contributed by atoms with van der Waals surface area (Å²) in [6.45, 7) is 1.91. The number of carbonyl (C=O) groups excluding carboxylic acids is 1. The van der Waals surface area contributed by atoms with Crippen molar-refractivity contribution in [3.05, 3.63) is 59.2 Å². The molecule has 1 nitrogen and oxygen atoms in total. The van der Waals surface area contributed by atoms with Gasteiger partial charge in [-0.15, -0.1) is 0 Å². The van der Waals surface area contributed by atoms with E-state index in [0.29, 0.717) is 12.3 Å². The van der Waals surface area contributed by atoms with Crippen molar-refractivity contribution in [2.45, 2.75) is 38.5 Å². The number of fused-ring (bicyclic) bond motifs is 1. The van der Waals surface area contributed by atoms with Gasteiger partial charge in [0.1, 0.15) is 0 Å². The van der Waals surface area contributed by atoms with Crippen molar-refractivity contribution < 1.29 is 4.79 Å². The Labute approximate surface area is 115 Å². The fourth-order valence-corrected chi connectivity index (χ4v) is 3.38. The fraction of sp³-hybridized carbons (Fsp3) is 0.389. The zero-order valence-electron chi connectivity index (χ0n) is 11.4. The van der Waals surface area contributed by atoms with Crippen LogP contribution >= 0.6 is 0 Å². The van der Waals surface area contributed by atoms with E-state index in [1.807, 2.05) is 19.1 Å². The van der Waals surface area contributed by atoms with E-state index in [1.54, 1.807) is 5.57 Å². The lowest BCUT2D eigenvalue weighted by molar-refractivity contribution is 0.0988. The van der Waals surface area contributed by atoms with E-state index in [1.165, 1.54) is 24.8 Å². The van der Waals surface area contributed by atoms with Gasteiger partial charge in [0.05, 0.1) is 0 Å². The van der Waals surface area contributed by atoms with Crippen molar-refractivity contribution in [2.75, 3.05) is 0 Å². The van der Waals surface area contributed by atoms with E-state index in [4.69, 9.17) is 0 Å². The largest absolute Gasteiger partial charge is 0.294 e. The molecule has 0 spiro atoms. The Balaban J connectivity index is 1.85. The Hall–Kier alpha value is -1.63. The minimum absolute atomic E-state index is 0.232. The molecule has 19 heavy (non-hydrogen) atoms. The van der Waals surface area contributed by atoms with E-state index >= 15 is 0 Å². The number of Topliss-reactive ketones (excluding diaryl/α,β-unsaturated/α-hetero) is 1. The first-order valence-electron chi connectivity index (χ1n) is 7.29. The first-order valence-corrected chi connectivity index (χ1v) is 7.29. The molecule has 1 saturated carbocycles. The third kappa shape index (κ3) is 2.30. The average Bonchev–Trinajstić information content (AvgIpc) is 2.90. The second-order valence-electron chi connectivity index (χ2n) is 5.56. The van der Waals surface area contributed by atoms with E-state index in [-0.39, 0.29) is 5.78 Å². The number of ketones is 1. The Morgan fingerprint density at radius 1 is 1.21 bits per heavy atom. The number of rotatable bonds is 3. The lowest BCUT2D eigenvalue weighted by Gasteiger charge is -2.18. The van der Waals surface area contributed by atoms with Crippen LogP contribution in [0.3, 0.4) is 0 Å². The van der Waals surface area contributed by atoms with Crippen LogP contribution in [0.2, 0.25) is 0 Å². The predicted molar refractivity (Wildman–Crippen MR) is 78.4 cm³/mol. The van der Waals surface area contributed by atoms with Crippen molar-refractivity contribution in [3.63, 3.8) is 0 Å². The molecule has 1 aromatic rings. The third-order valence-electron chi connectivity index (χ3n) is 4.48. The van der Waals surface area contributed by atoms with E-state index < -0.39 is 0 Å². The van der Waals surface area contributed by atoms with Crippen LogP contribution < -0.4 is 0 Å². The Morgan fingerprint density at radius 2 is 2.00 bits per heavy atom. The number of benzene rings is 1. The van der Waals surface area contributed by atoms with E-state index in [0.717, 1.165) is 11.5 Å². The van der Waals surface area contributed by atoms with Crippen molar-refractivity contribution in [3.8, 4) is 0 Å². The third-order valence-corrected chi connectivity index (χ3v) is 4.48. The van der Waals surface area contributed by atoms with E-state index in [2.05, 4.69) is 30.4 Å². The molecule has 0 amide bonds. The molecule has 2 unspecified atom stereocenters. The van der Waals surface area contributed by atoms with Crippen LogP contribution in [0.5, 0.6) is 0 Å². The lowest BCUT2D eigenvalue weighted by Crippen LogP contribution is -2.04. The molecule has 0 aromatic heterocycles. The molecule has 0 aliphatic heterocycles.